The van der Waals surface area contributed by atoms with Gasteiger partial charge in [0.1, 0.15) is 11.5 Å². The summed E-state index contributed by atoms with van der Waals surface area (Å²) in [6.07, 6.45) is 0. The first-order chi connectivity index (χ1) is 11.6. The van der Waals surface area contributed by atoms with Gasteiger partial charge in [-0.2, -0.15) is 0 Å². The first-order valence-corrected chi connectivity index (χ1v) is 7.41. The maximum atomic E-state index is 12.2. The Hall–Kier alpha value is -3.47. The zero-order chi connectivity index (χ0) is 16.9. The van der Waals surface area contributed by atoms with Crippen LogP contribution in [-0.2, 0) is 0 Å². The SMILES string of the molecule is Nc1ccc(C(=O)Nc2ccc(Oc3ccccc3)cc2)cc1N. The fourth-order valence-electron chi connectivity index (χ4n) is 2.15. The molecule has 120 valence electrons. The average molecular weight is 319 g/mol. The van der Waals surface area contributed by atoms with E-state index < -0.39 is 0 Å². The van der Waals surface area contributed by atoms with Crippen LogP contribution in [0.4, 0.5) is 17.1 Å². The van der Waals surface area contributed by atoms with Crippen LogP contribution >= 0.6 is 0 Å². The smallest absolute Gasteiger partial charge is 0.255 e. The van der Waals surface area contributed by atoms with Gasteiger partial charge in [-0.15, -0.1) is 0 Å². The summed E-state index contributed by atoms with van der Waals surface area (Å²) in [4.78, 5) is 12.2. The largest absolute Gasteiger partial charge is 0.457 e. The van der Waals surface area contributed by atoms with Crippen LogP contribution in [0.2, 0.25) is 0 Å². The van der Waals surface area contributed by atoms with Crippen molar-refractivity contribution in [2.75, 3.05) is 16.8 Å². The number of benzene rings is 3. The number of nitrogens with two attached hydrogens (primary N) is 2. The molecular formula is C19H17N3O2. The molecule has 5 heteroatoms. The topological polar surface area (TPSA) is 90.4 Å². The Bertz CT molecular complexity index is 846. The van der Waals surface area contributed by atoms with Crippen molar-refractivity contribution in [3.8, 4) is 11.5 Å². The third-order valence-corrected chi connectivity index (χ3v) is 3.44. The second kappa shape index (κ2) is 6.75. The summed E-state index contributed by atoms with van der Waals surface area (Å²) >= 11 is 0. The van der Waals surface area contributed by atoms with Crippen LogP contribution < -0.4 is 21.5 Å². The number of hydrogen-bond acceptors (Lipinski definition) is 4. The third-order valence-electron chi connectivity index (χ3n) is 3.44. The highest BCUT2D eigenvalue weighted by atomic mass is 16.5. The molecule has 0 aliphatic rings. The highest BCUT2D eigenvalue weighted by molar-refractivity contribution is 6.05. The Labute approximate surface area is 139 Å². The standard InChI is InChI=1S/C19H17N3O2/c20-17-11-6-13(12-18(17)21)19(23)22-14-7-9-16(10-8-14)24-15-4-2-1-3-5-15/h1-12H,20-21H2,(H,22,23). The van der Waals surface area contributed by atoms with Crippen LogP contribution in [-0.4, -0.2) is 5.91 Å². The molecule has 0 aromatic heterocycles. The molecule has 0 saturated heterocycles. The average Bonchev–Trinajstić information content (AvgIpc) is 2.60. The van der Waals surface area contributed by atoms with Gasteiger partial charge in [-0.25, -0.2) is 0 Å². The number of nitrogens with one attached hydrogen (secondary N) is 1. The van der Waals surface area contributed by atoms with Crippen molar-refractivity contribution >= 4 is 23.0 Å². The zero-order valence-electron chi connectivity index (χ0n) is 12.9. The molecule has 0 aliphatic carbocycles. The molecule has 0 atom stereocenters. The molecule has 3 aromatic carbocycles. The van der Waals surface area contributed by atoms with E-state index in [9.17, 15) is 4.79 Å². The summed E-state index contributed by atoms with van der Waals surface area (Å²) in [5, 5.41) is 2.81. The van der Waals surface area contributed by atoms with E-state index in [1.807, 2.05) is 30.3 Å². The molecule has 0 saturated carbocycles. The van der Waals surface area contributed by atoms with Gasteiger partial charge in [0.15, 0.2) is 0 Å². The molecule has 0 radical (unpaired) electrons. The first kappa shape index (κ1) is 15.4. The number of hydrogen-bond donors (Lipinski definition) is 3. The quantitative estimate of drug-likeness (QED) is 0.636. The van der Waals surface area contributed by atoms with E-state index in [1.165, 1.54) is 0 Å². The number of anilines is 3. The van der Waals surface area contributed by atoms with Crippen LogP contribution in [0.25, 0.3) is 0 Å². The van der Waals surface area contributed by atoms with Crippen molar-refractivity contribution in [2.45, 2.75) is 0 Å². The number of amides is 1. The van der Waals surface area contributed by atoms with E-state index in [0.717, 1.165) is 5.75 Å². The number of para-hydroxylation sites is 1. The van der Waals surface area contributed by atoms with Gasteiger partial charge in [-0.05, 0) is 54.6 Å². The van der Waals surface area contributed by atoms with E-state index in [0.29, 0.717) is 28.4 Å². The summed E-state index contributed by atoms with van der Waals surface area (Å²) in [7, 11) is 0. The Morgan fingerprint density at radius 2 is 1.46 bits per heavy atom. The van der Waals surface area contributed by atoms with Crippen LogP contribution in [0, 0.1) is 0 Å². The van der Waals surface area contributed by atoms with Gasteiger partial charge in [0.05, 0.1) is 11.4 Å². The number of carbonyl (C=O) groups excluding carboxylic acids is 1. The fraction of sp³-hybridized carbons (Fsp3) is 0. The van der Waals surface area contributed by atoms with Crippen LogP contribution in [0.5, 0.6) is 11.5 Å². The third kappa shape index (κ3) is 3.64. The predicted octanol–water partition coefficient (Wildman–Crippen LogP) is 3.90. The highest BCUT2D eigenvalue weighted by Crippen LogP contribution is 2.23. The molecule has 24 heavy (non-hydrogen) atoms. The van der Waals surface area contributed by atoms with Crippen molar-refractivity contribution in [1.29, 1.82) is 0 Å². The minimum atomic E-state index is -0.251. The number of ether oxygens (including phenoxy) is 1. The van der Waals surface area contributed by atoms with E-state index in [1.54, 1.807) is 42.5 Å². The number of carbonyl (C=O) groups is 1. The summed E-state index contributed by atoms with van der Waals surface area (Å²) in [5.74, 6) is 1.20. The molecular weight excluding hydrogens is 302 g/mol. The van der Waals surface area contributed by atoms with Gasteiger partial charge in [-0.3, -0.25) is 4.79 Å². The first-order valence-electron chi connectivity index (χ1n) is 7.41. The monoisotopic (exact) mass is 319 g/mol. The van der Waals surface area contributed by atoms with E-state index >= 15 is 0 Å². The van der Waals surface area contributed by atoms with Crippen molar-refractivity contribution in [2.24, 2.45) is 0 Å². The summed E-state index contributed by atoms with van der Waals surface area (Å²) < 4.78 is 5.71. The summed E-state index contributed by atoms with van der Waals surface area (Å²) in [6.45, 7) is 0. The number of nitrogen functional groups attached to an aromatic ring is 2. The van der Waals surface area contributed by atoms with Crippen molar-refractivity contribution in [3.63, 3.8) is 0 Å². The normalized spacial score (nSPS) is 10.2. The lowest BCUT2D eigenvalue weighted by molar-refractivity contribution is 0.102. The van der Waals surface area contributed by atoms with Crippen LogP contribution in [0.15, 0.2) is 72.8 Å². The molecule has 3 rings (SSSR count). The lowest BCUT2D eigenvalue weighted by Gasteiger charge is -2.09. The molecule has 5 N–H and O–H groups in total. The van der Waals surface area contributed by atoms with E-state index in [2.05, 4.69) is 5.32 Å². The Balaban J connectivity index is 1.67. The Kier molecular flexibility index (Phi) is 4.34. The van der Waals surface area contributed by atoms with Crippen molar-refractivity contribution < 1.29 is 9.53 Å². The second-order valence-electron chi connectivity index (χ2n) is 5.24. The van der Waals surface area contributed by atoms with Crippen LogP contribution in [0.1, 0.15) is 10.4 Å². The highest BCUT2D eigenvalue weighted by Gasteiger charge is 2.08. The number of rotatable bonds is 4. The Morgan fingerprint density at radius 3 is 2.12 bits per heavy atom. The van der Waals surface area contributed by atoms with Crippen molar-refractivity contribution in [1.82, 2.24) is 0 Å². The lowest BCUT2D eigenvalue weighted by atomic mass is 10.1. The van der Waals surface area contributed by atoms with Gasteiger partial charge in [0, 0.05) is 11.3 Å². The van der Waals surface area contributed by atoms with E-state index in [-0.39, 0.29) is 5.91 Å². The molecule has 0 fully saturated rings. The second-order valence-corrected chi connectivity index (χ2v) is 5.24. The van der Waals surface area contributed by atoms with Gasteiger partial charge in [0.25, 0.3) is 5.91 Å². The maximum Gasteiger partial charge on any atom is 0.255 e. The van der Waals surface area contributed by atoms with Crippen molar-refractivity contribution in [3.05, 3.63) is 78.4 Å². The minimum Gasteiger partial charge on any atom is -0.457 e. The van der Waals surface area contributed by atoms with Gasteiger partial charge >= 0.3 is 0 Å². The van der Waals surface area contributed by atoms with Gasteiger partial charge in [-0.1, -0.05) is 18.2 Å². The summed E-state index contributed by atoms with van der Waals surface area (Å²) in [6, 6.07) is 21.4. The molecule has 1 amide bonds. The lowest BCUT2D eigenvalue weighted by Crippen LogP contribution is -2.12. The molecule has 5 nitrogen and oxygen atoms in total. The minimum absolute atomic E-state index is 0.251. The molecule has 0 bridgehead atoms. The predicted molar refractivity (Wildman–Crippen MR) is 96.2 cm³/mol. The van der Waals surface area contributed by atoms with Crippen LogP contribution in [0.3, 0.4) is 0 Å². The molecule has 0 spiro atoms. The molecule has 0 aliphatic heterocycles. The maximum absolute atomic E-state index is 12.2. The van der Waals surface area contributed by atoms with Gasteiger partial charge in [0.2, 0.25) is 0 Å². The summed E-state index contributed by atoms with van der Waals surface area (Å²) in [5.41, 5.74) is 13.3. The zero-order valence-corrected chi connectivity index (χ0v) is 12.9. The van der Waals surface area contributed by atoms with Gasteiger partial charge < -0.3 is 21.5 Å². The van der Waals surface area contributed by atoms with E-state index in [4.69, 9.17) is 16.2 Å². The Morgan fingerprint density at radius 1 is 0.792 bits per heavy atom. The molecule has 0 unspecified atom stereocenters. The fourth-order valence-corrected chi connectivity index (χ4v) is 2.15. The molecule has 0 heterocycles. The molecule has 3 aromatic rings.